The first-order valence-electron chi connectivity index (χ1n) is 12.0. The van der Waals surface area contributed by atoms with Crippen LogP contribution in [0.1, 0.15) is 90.4 Å². The Morgan fingerprint density at radius 1 is 0.967 bits per heavy atom. The summed E-state index contributed by atoms with van der Waals surface area (Å²) in [5.41, 5.74) is 0. The van der Waals surface area contributed by atoms with E-state index in [0.29, 0.717) is 32.5 Å². The average Bonchev–Trinajstić information content (AvgIpc) is 3.27. The summed E-state index contributed by atoms with van der Waals surface area (Å²) in [7, 11) is 0. The molecular formula is C24H42O6. The number of aliphatic carboxylic acids is 1. The Labute approximate surface area is 181 Å². The Balaban J connectivity index is 1.82. The lowest BCUT2D eigenvalue weighted by atomic mass is 9.85. The number of unbranched alkanes of at least 4 members (excludes halogenated alkanes) is 5. The van der Waals surface area contributed by atoms with Gasteiger partial charge in [-0.05, 0) is 50.4 Å². The first kappa shape index (κ1) is 25.3. The summed E-state index contributed by atoms with van der Waals surface area (Å²) < 4.78 is 12.0. The minimum atomic E-state index is -0.770. The van der Waals surface area contributed by atoms with Gasteiger partial charge in [-0.1, -0.05) is 44.8 Å². The van der Waals surface area contributed by atoms with Crippen molar-refractivity contribution in [3.63, 3.8) is 0 Å². The van der Waals surface area contributed by atoms with Gasteiger partial charge in [0.1, 0.15) is 0 Å². The third-order valence-electron chi connectivity index (χ3n) is 6.69. The lowest BCUT2D eigenvalue weighted by Gasteiger charge is -2.31. The molecule has 1 saturated carbocycles. The second kappa shape index (κ2) is 13.5. The lowest BCUT2D eigenvalue weighted by molar-refractivity contribution is -0.171. The highest BCUT2D eigenvalue weighted by Crippen LogP contribution is 2.41. The van der Waals surface area contributed by atoms with Crippen LogP contribution in [0, 0.1) is 11.8 Å². The molecule has 0 aromatic rings. The van der Waals surface area contributed by atoms with Crippen LogP contribution in [0.5, 0.6) is 0 Å². The average molecular weight is 427 g/mol. The summed E-state index contributed by atoms with van der Waals surface area (Å²) >= 11 is 0. The third kappa shape index (κ3) is 8.29. The van der Waals surface area contributed by atoms with Crippen molar-refractivity contribution in [1.82, 2.24) is 0 Å². The fourth-order valence-electron chi connectivity index (χ4n) is 4.94. The summed E-state index contributed by atoms with van der Waals surface area (Å²) in [6.45, 7) is 3.48. The molecule has 0 bridgehead atoms. The van der Waals surface area contributed by atoms with Crippen molar-refractivity contribution in [1.29, 1.82) is 0 Å². The molecule has 3 N–H and O–H groups in total. The van der Waals surface area contributed by atoms with Crippen molar-refractivity contribution < 1.29 is 29.6 Å². The molecule has 2 rings (SSSR count). The molecule has 0 aromatic carbocycles. The lowest BCUT2D eigenvalue weighted by Crippen LogP contribution is -2.33. The molecule has 30 heavy (non-hydrogen) atoms. The predicted molar refractivity (Wildman–Crippen MR) is 116 cm³/mol. The van der Waals surface area contributed by atoms with Gasteiger partial charge in [0.25, 0.3) is 0 Å². The van der Waals surface area contributed by atoms with Gasteiger partial charge in [-0.2, -0.15) is 0 Å². The smallest absolute Gasteiger partial charge is 0.303 e. The van der Waals surface area contributed by atoms with E-state index in [4.69, 9.17) is 14.6 Å². The zero-order valence-electron chi connectivity index (χ0n) is 18.6. The molecule has 1 unspecified atom stereocenters. The van der Waals surface area contributed by atoms with Crippen LogP contribution in [-0.2, 0) is 14.3 Å². The Kier molecular flexibility index (Phi) is 11.4. The second-order valence-corrected chi connectivity index (χ2v) is 9.00. The first-order chi connectivity index (χ1) is 14.5. The van der Waals surface area contributed by atoms with Crippen molar-refractivity contribution in [2.75, 3.05) is 13.2 Å². The summed E-state index contributed by atoms with van der Waals surface area (Å²) in [6, 6.07) is 0. The van der Waals surface area contributed by atoms with E-state index in [1.165, 1.54) is 25.7 Å². The van der Waals surface area contributed by atoms with Crippen LogP contribution in [0.25, 0.3) is 0 Å². The molecule has 1 saturated heterocycles. The van der Waals surface area contributed by atoms with Crippen molar-refractivity contribution in [2.24, 2.45) is 11.8 Å². The van der Waals surface area contributed by atoms with Crippen LogP contribution >= 0.6 is 0 Å². The summed E-state index contributed by atoms with van der Waals surface area (Å²) in [5, 5.41) is 29.7. The van der Waals surface area contributed by atoms with Gasteiger partial charge in [0.15, 0.2) is 5.79 Å². The van der Waals surface area contributed by atoms with E-state index in [0.717, 1.165) is 32.1 Å². The fourth-order valence-corrected chi connectivity index (χ4v) is 4.94. The van der Waals surface area contributed by atoms with Crippen LogP contribution in [0.2, 0.25) is 0 Å². The van der Waals surface area contributed by atoms with Crippen molar-refractivity contribution in [3.8, 4) is 0 Å². The molecule has 0 spiro atoms. The van der Waals surface area contributed by atoms with Gasteiger partial charge in [-0.15, -0.1) is 0 Å². The van der Waals surface area contributed by atoms with Crippen LogP contribution < -0.4 is 0 Å². The number of carboxylic acids is 1. The molecule has 1 aliphatic heterocycles. The van der Waals surface area contributed by atoms with Gasteiger partial charge in [0, 0.05) is 19.3 Å². The Morgan fingerprint density at radius 3 is 2.37 bits per heavy atom. The molecule has 0 aromatic heterocycles. The number of aliphatic hydroxyl groups is 2. The monoisotopic (exact) mass is 426 g/mol. The zero-order valence-corrected chi connectivity index (χ0v) is 18.6. The van der Waals surface area contributed by atoms with Crippen molar-refractivity contribution >= 4 is 5.97 Å². The fraction of sp³-hybridized carbons (Fsp3) is 0.875. The molecule has 1 aliphatic carbocycles. The Bertz CT molecular complexity index is 514. The van der Waals surface area contributed by atoms with Crippen molar-refractivity contribution in [2.45, 2.75) is 108 Å². The largest absolute Gasteiger partial charge is 0.481 e. The normalized spacial score (nSPS) is 28.5. The van der Waals surface area contributed by atoms with Gasteiger partial charge in [-0.25, -0.2) is 0 Å². The second-order valence-electron chi connectivity index (χ2n) is 9.00. The minimum Gasteiger partial charge on any atom is -0.481 e. The van der Waals surface area contributed by atoms with Gasteiger partial charge in [0.2, 0.25) is 0 Å². The number of carboxylic acid groups (broad SMARTS) is 1. The molecule has 2 fully saturated rings. The molecule has 2 aliphatic rings. The molecule has 0 amide bonds. The Hall–Kier alpha value is -0.950. The van der Waals surface area contributed by atoms with E-state index in [-0.39, 0.29) is 18.3 Å². The summed E-state index contributed by atoms with van der Waals surface area (Å²) in [5.74, 6) is -1.22. The van der Waals surface area contributed by atoms with Crippen LogP contribution in [0.15, 0.2) is 12.2 Å². The number of rotatable bonds is 15. The van der Waals surface area contributed by atoms with E-state index in [1.54, 1.807) is 0 Å². The number of carbonyl (C=O) groups is 1. The summed E-state index contributed by atoms with van der Waals surface area (Å²) in [6.07, 6.45) is 14.2. The highest BCUT2D eigenvalue weighted by Gasteiger charge is 2.43. The maximum Gasteiger partial charge on any atom is 0.303 e. The van der Waals surface area contributed by atoms with Gasteiger partial charge in [-0.3, -0.25) is 4.79 Å². The number of ether oxygens (including phenoxy) is 2. The van der Waals surface area contributed by atoms with Gasteiger partial charge in [0.05, 0.1) is 25.4 Å². The van der Waals surface area contributed by atoms with E-state index in [2.05, 4.69) is 6.92 Å². The topological polar surface area (TPSA) is 96.2 Å². The van der Waals surface area contributed by atoms with Gasteiger partial charge >= 0.3 is 5.97 Å². The van der Waals surface area contributed by atoms with E-state index in [9.17, 15) is 15.0 Å². The number of aliphatic hydroxyl groups excluding tert-OH is 2. The maximum atomic E-state index is 10.6. The SMILES string of the molecule is CCCCCCCC1(CC[C@H]2[C@H](O)CC(O)[C@@H]2CC=CCCCC(=O)O)OCCO1. The minimum absolute atomic E-state index is 0.0266. The van der Waals surface area contributed by atoms with E-state index in [1.807, 2.05) is 12.2 Å². The molecule has 6 heteroatoms. The van der Waals surface area contributed by atoms with Crippen LogP contribution in [0.4, 0.5) is 0 Å². The highest BCUT2D eigenvalue weighted by molar-refractivity contribution is 5.66. The maximum absolute atomic E-state index is 10.6. The summed E-state index contributed by atoms with van der Waals surface area (Å²) in [4.78, 5) is 10.6. The van der Waals surface area contributed by atoms with Crippen LogP contribution in [0.3, 0.4) is 0 Å². The molecule has 0 radical (unpaired) electrons. The number of hydrogen-bond donors (Lipinski definition) is 3. The van der Waals surface area contributed by atoms with Crippen LogP contribution in [-0.4, -0.2) is 52.5 Å². The quantitative estimate of drug-likeness (QED) is 0.265. The molecule has 174 valence electrons. The number of hydrogen-bond acceptors (Lipinski definition) is 5. The highest BCUT2D eigenvalue weighted by atomic mass is 16.7. The van der Waals surface area contributed by atoms with E-state index >= 15 is 0 Å². The molecule has 6 nitrogen and oxygen atoms in total. The molecular weight excluding hydrogens is 384 g/mol. The molecule has 1 heterocycles. The third-order valence-corrected chi connectivity index (χ3v) is 6.69. The molecule has 4 atom stereocenters. The zero-order chi connectivity index (χ0) is 21.8. The van der Waals surface area contributed by atoms with Crippen molar-refractivity contribution in [3.05, 3.63) is 12.2 Å². The first-order valence-corrected chi connectivity index (χ1v) is 12.0. The van der Waals surface area contributed by atoms with E-state index < -0.39 is 24.0 Å². The predicted octanol–water partition coefficient (Wildman–Crippen LogP) is 4.43. The standard InChI is InChI=1S/C24H42O6/c1-2-3-4-7-10-14-24(29-16-17-30-24)15-13-20-19(21(25)18-22(20)26)11-8-5-6-9-12-23(27)28/h5,8,19-22,25-26H,2-4,6-7,9-18H2,1H3,(H,27,28)/t19-,20-,21?,22-/m1/s1. The Morgan fingerprint density at radius 2 is 1.67 bits per heavy atom. The number of allylic oxidation sites excluding steroid dienone is 2. The van der Waals surface area contributed by atoms with Gasteiger partial charge < -0.3 is 24.8 Å².